The molecule has 0 aliphatic carbocycles. The van der Waals surface area contributed by atoms with E-state index in [1.807, 2.05) is 12.1 Å². The van der Waals surface area contributed by atoms with Gasteiger partial charge in [-0.2, -0.15) is 0 Å². The highest BCUT2D eigenvalue weighted by atomic mass is 35.5. The van der Waals surface area contributed by atoms with Crippen LogP contribution in [0, 0.1) is 27.8 Å². The molecule has 0 unspecified atom stereocenters. The molecule has 2 aliphatic heterocycles. The number of furan rings is 1. The number of piperidine rings is 2. The summed E-state index contributed by atoms with van der Waals surface area (Å²) in [5.74, 6) is -0.941. The first-order valence-corrected chi connectivity index (χ1v) is 15.7. The molecule has 0 bridgehead atoms. The quantitative estimate of drug-likeness (QED) is 0.176. The smallest absolute Gasteiger partial charge is 0.395 e. The maximum Gasteiger partial charge on any atom is 0.433 e. The van der Waals surface area contributed by atoms with Crippen LogP contribution >= 0.6 is 23.2 Å². The maximum atomic E-state index is 13.9. The first kappa shape index (κ1) is 31.9. The molecule has 2 amide bonds. The minimum absolute atomic E-state index is 0.0258. The van der Waals surface area contributed by atoms with E-state index in [-0.39, 0.29) is 23.4 Å². The second-order valence-corrected chi connectivity index (χ2v) is 12.3. The Morgan fingerprint density at radius 2 is 1.66 bits per heavy atom. The molecule has 2 aromatic carbocycles. The van der Waals surface area contributed by atoms with Crippen molar-refractivity contribution in [2.75, 3.05) is 44.2 Å². The van der Waals surface area contributed by atoms with Crippen LogP contribution in [-0.4, -0.2) is 65.8 Å². The molecule has 44 heavy (non-hydrogen) atoms. The van der Waals surface area contributed by atoms with E-state index in [0.717, 1.165) is 51.4 Å². The summed E-state index contributed by atoms with van der Waals surface area (Å²) in [5, 5.41) is 11.7. The molecule has 9 nitrogen and oxygen atoms in total. The standard InChI is InChI=1S/C32H35Cl2FN4O5/c33-27-7-6-26(21-28(27)34)38(15-1-14-36-16-10-23(11-17-36)20-22-2-4-25(35)5-3-22)31(40)24-12-18-37(19-13-24)32(41)29-8-9-30(44-29)39(42)43/h2-9,21,23-24H,1,10-20H2. The number of nitrogens with zero attached hydrogens (tertiary/aromatic N) is 4. The van der Waals surface area contributed by atoms with Crippen LogP contribution in [0.4, 0.5) is 16.0 Å². The third kappa shape index (κ3) is 7.97. The Morgan fingerprint density at radius 1 is 0.955 bits per heavy atom. The highest BCUT2D eigenvalue weighted by Gasteiger charge is 2.33. The normalized spacial score (nSPS) is 16.7. The zero-order chi connectivity index (χ0) is 31.2. The molecule has 1 aromatic heterocycles. The summed E-state index contributed by atoms with van der Waals surface area (Å²) in [7, 11) is 0. The van der Waals surface area contributed by atoms with E-state index in [2.05, 4.69) is 4.90 Å². The SMILES string of the molecule is O=C(c1ccc([N+](=O)[O-])o1)N1CCC(C(=O)N(CCCN2CCC(Cc3ccc(F)cc3)CC2)c2ccc(Cl)c(Cl)c2)CC1. The number of hydrogen-bond donors (Lipinski definition) is 0. The van der Waals surface area contributed by atoms with Gasteiger partial charge in [0, 0.05) is 31.2 Å². The molecule has 234 valence electrons. The Labute approximate surface area is 265 Å². The molecule has 0 spiro atoms. The van der Waals surface area contributed by atoms with Gasteiger partial charge in [-0.15, -0.1) is 0 Å². The number of amides is 2. The molecule has 0 N–H and O–H groups in total. The van der Waals surface area contributed by atoms with Gasteiger partial charge in [0.2, 0.25) is 5.91 Å². The third-order valence-electron chi connectivity index (χ3n) is 8.60. The number of anilines is 1. The highest BCUT2D eigenvalue weighted by molar-refractivity contribution is 6.42. The molecule has 0 atom stereocenters. The monoisotopic (exact) mass is 644 g/mol. The Hall–Kier alpha value is -3.47. The topological polar surface area (TPSA) is 100 Å². The van der Waals surface area contributed by atoms with Gasteiger partial charge in [0.25, 0.3) is 5.91 Å². The lowest BCUT2D eigenvalue weighted by molar-refractivity contribution is -0.402. The largest absolute Gasteiger partial charge is 0.433 e. The highest BCUT2D eigenvalue weighted by Crippen LogP contribution is 2.31. The lowest BCUT2D eigenvalue weighted by Gasteiger charge is -2.35. The van der Waals surface area contributed by atoms with Gasteiger partial charge in [0.15, 0.2) is 5.76 Å². The van der Waals surface area contributed by atoms with Gasteiger partial charge in [0.1, 0.15) is 10.7 Å². The van der Waals surface area contributed by atoms with Crippen molar-refractivity contribution in [2.45, 2.75) is 38.5 Å². The van der Waals surface area contributed by atoms with Gasteiger partial charge < -0.3 is 19.1 Å². The number of likely N-dealkylation sites (tertiary alicyclic amines) is 2. The lowest BCUT2D eigenvalue weighted by Crippen LogP contribution is -2.45. The second-order valence-electron chi connectivity index (χ2n) is 11.5. The van der Waals surface area contributed by atoms with E-state index in [1.165, 1.54) is 23.8 Å². The summed E-state index contributed by atoms with van der Waals surface area (Å²) < 4.78 is 18.3. The summed E-state index contributed by atoms with van der Waals surface area (Å²) in [6.45, 7) is 4.02. The first-order valence-electron chi connectivity index (χ1n) is 14.9. The van der Waals surface area contributed by atoms with E-state index < -0.39 is 16.7 Å². The van der Waals surface area contributed by atoms with Crippen molar-refractivity contribution in [3.8, 4) is 0 Å². The lowest BCUT2D eigenvalue weighted by atomic mass is 9.90. The molecule has 2 fully saturated rings. The summed E-state index contributed by atoms with van der Waals surface area (Å²) >= 11 is 12.5. The fourth-order valence-electron chi connectivity index (χ4n) is 6.09. The zero-order valence-electron chi connectivity index (χ0n) is 24.3. The van der Waals surface area contributed by atoms with Crippen LogP contribution in [0.2, 0.25) is 10.0 Å². The van der Waals surface area contributed by atoms with Crippen LogP contribution in [-0.2, 0) is 11.2 Å². The molecule has 0 radical (unpaired) electrons. The van der Waals surface area contributed by atoms with E-state index in [0.29, 0.717) is 54.1 Å². The number of rotatable bonds is 10. The summed E-state index contributed by atoms with van der Waals surface area (Å²) in [4.78, 5) is 42.7. The Bertz CT molecular complexity index is 1470. The van der Waals surface area contributed by atoms with E-state index in [9.17, 15) is 24.1 Å². The summed E-state index contributed by atoms with van der Waals surface area (Å²) in [6, 6.07) is 14.4. The van der Waals surface area contributed by atoms with Crippen molar-refractivity contribution in [3.63, 3.8) is 0 Å². The number of nitro groups is 1. The van der Waals surface area contributed by atoms with Gasteiger partial charge in [-0.1, -0.05) is 35.3 Å². The van der Waals surface area contributed by atoms with Crippen molar-refractivity contribution < 1.29 is 23.3 Å². The summed E-state index contributed by atoms with van der Waals surface area (Å²) in [6.07, 6.45) is 4.83. The van der Waals surface area contributed by atoms with Crippen molar-refractivity contribution >= 4 is 46.6 Å². The number of hydrogen-bond acceptors (Lipinski definition) is 6. The van der Waals surface area contributed by atoms with E-state index >= 15 is 0 Å². The van der Waals surface area contributed by atoms with Crippen LogP contribution in [0.1, 0.15) is 48.2 Å². The molecule has 12 heteroatoms. The number of halogens is 3. The Morgan fingerprint density at radius 3 is 2.30 bits per heavy atom. The minimum atomic E-state index is -0.683. The van der Waals surface area contributed by atoms with Gasteiger partial charge in [-0.25, -0.2) is 4.39 Å². The zero-order valence-corrected chi connectivity index (χ0v) is 25.8. The van der Waals surface area contributed by atoms with Gasteiger partial charge in [0.05, 0.1) is 16.1 Å². The van der Waals surface area contributed by atoms with Crippen LogP contribution in [0.15, 0.2) is 59.0 Å². The van der Waals surface area contributed by atoms with Gasteiger partial charge in [-0.3, -0.25) is 19.7 Å². The Kier molecular flexibility index (Phi) is 10.6. The fourth-order valence-corrected chi connectivity index (χ4v) is 6.38. The average Bonchev–Trinajstić information content (AvgIpc) is 3.53. The summed E-state index contributed by atoms with van der Waals surface area (Å²) in [5.41, 5.74) is 1.85. The number of benzene rings is 2. The molecular formula is C32H35Cl2FN4O5. The predicted octanol–water partition coefficient (Wildman–Crippen LogP) is 6.86. The van der Waals surface area contributed by atoms with Crippen molar-refractivity contribution in [2.24, 2.45) is 11.8 Å². The molecule has 3 heterocycles. The predicted molar refractivity (Wildman–Crippen MR) is 167 cm³/mol. The van der Waals surface area contributed by atoms with Crippen molar-refractivity contribution in [1.82, 2.24) is 9.80 Å². The molecule has 0 saturated carbocycles. The third-order valence-corrected chi connectivity index (χ3v) is 9.33. The van der Waals surface area contributed by atoms with Crippen LogP contribution in [0.25, 0.3) is 0 Å². The maximum absolute atomic E-state index is 13.9. The first-order chi connectivity index (χ1) is 21.2. The second kappa shape index (κ2) is 14.5. The van der Waals surface area contributed by atoms with Crippen LogP contribution in [0.3, 0.4) is 0 Å². The molecule has 3 aromatic rings. The van der Waals surface area contributed by atoms with E-state index in [1.54, 1.807) is 28.0 Å². The molecular weight excluding hydrogens is 610 g/mol. The minimum Gasteiger partial charge on any atom is -0.395 e. The van der Waals surface area contributed by atoms with Crippen LogP contribution in [0.5, 0.6) is 0 Å². The average molecular weight is 646 g/mol. The number of carbonyl (C=O) groups excluding carboxylic acids is 2. The molecule has 5 rings (SSSR count). The van der Waals surface area contributed by atoms with Crippen molar-refractivity contribution in [1.29, 1.82) is 0 Å². The van der Waals surface area contributed by atoms with Gasteiger partial charge in [-0.05, 0) is 106 Å². The van der Waals surface area contributed by atoms with Crippen molar-refractivity contribution in [3.05, 3.63) is 91.9 Å². The van der Waals surface area contributed by atoms with E-state index in [4.69, 9.17) is 27.6 Å². The van der Waals surface area contributed by atoms with Crippen LogP contribution < -0.4 is 4.90 Å². The Balaban J connectivity index is 1.15. The number of carbonyl (C=O) groups is 2. The fraction of sp³-hybridized carbons (Fsp3) is 0.438. The van der Waals surface area contributed by atoms with Gasteiger partial charge >= 0.3 is 5.88 Å². The molecule has 2 saturated heterocycles. The molecule has 2 aliphatic rings.